The molecule has 0 spiro atoms. The van der Waals surface area contributed by atoms with Gasteiger partial charge < -0.3 is 5.32 Å². The number of hydrogen-bond acceptors (Lipinski definition) is 2. The van der Waals surface area contributed by atoms with Gasteiger partial charge in [0, 0.05) is 16.7 Å². The number of rotatable bonds is 6. The maximum atomic E-state index is 3.60. The third-order valence-electron chi connectivity index (χ3n) is 3.26. The van der Waals surface area contributed by atoms with Crippen molar-refractivity contribution in [2.75, 3.05) is 12.3 Å². The predicted octanol–water partition coefficient (Wildman–Crippen LogP) is 4.75. The highest BCUT2D eigenvalue weighted by Gasteiger charge is 2.11. The van der Waals surface area contributed by atoms with Crippen LogP contribution in [0.25, 0.3) is 0 Å². The van der Waals surface area contributed by atoms with Crippen molar-refractivity contribution in [2.24, 2.45) is 0 Å². The van der Waals surface area contributed by atoms with Gasteiger partial charge in [-0.3, -0.25) is 0 Å². The molecule has 1 unspecified atom stereocenters. The first-order valence-electron chi connectivity index (χ1n) is 7.18. The van der Waals surface area contributed by atoms with Crippen LogP contribution in [0.4, 0.5) is 0 Å². The summed E-state index contributed by atoms with van der Waals surface area (Å²) in [6, 6.07) is 17.8. The number of benzene rings is 2. The van der Waals surface area contributed by atoms with E-state index in [4.69, 9.17) is 0 Å². The molecular formula is C18H23NS. The zero-order chi connectivity index (χ0) is 14.4. The molecule has 2 heteroatoms. The second kappa shape index (κ2) is 7.51. The van der Waals surface area contributed by atoms with Crippen molar-refractivity contribution >= 4 is 11.8 Å². The fourth-order valence-corrected chi connectivity index (χ4v) is 3.45. The van der Waals surface area contributed by atoms with E-state index in [1.54, 1.807) is 0 Å². The van der Waals surface area contributed by atoms with E-state index in [-0.39, 0.29) is 0 Å². The first-order chi connectivity index (χ1) is 9.69. The average molecular weight is 285 g/mol. The lowest BCUT2D eigenvalue weighted by Crippen LogP contribution is -2.23. The molecular weight excluding hydrogens is 262 g/mol. The topological polar surface area (TPSA) is 12.0 Å². The van der Waals surface area contributed by atoms with Crippen LogP contribution >= 0.6 is 11.8 Å². The van der Waals surface area contributed by atoms with Crippen LogP contribution in [0.15, 0.2) is 53.4 Å². The van der Waals surface area contributed by atoms with Gasteiger partial charge >= 0.3 is 0 Å². The molecule has 0 saturated carbocycles. The van der Waals surface area contributed by atoms with Crippen molar-refractivity contribution < 1.29 is 0 Å². The van der Waals surface area contributed by atoms with E-state index in [2.05, 4.69) is 74.6 Å². The fourth-order valence-electron chi connectivity index (χ4n) is 2.43. The summed E-state index contributed by atoms with van der Waals surface area (Å²) < 4.78 is 0. The molecule has 2 rings (SSSR count). The van der Waals surface area contributed by atoms with Crippen molar-refractivity contribution in [3.63, 3.8) is 0 Å². The van der Waals surface area contributed by atoms with Gasteiger partial charge in [-0.2, -0.15) is 0 Å². The highest BCUT2D eigenvalue weighted by atomic mass is 32.2. The molecule has 0 heterocycles. The molecule has 1 nitrogen and oxygen atoms in total. The van der Waals surface area contributed by atoms with Crippen LogP contribution in [0.3, 0.4) is 0 Å². The standard InChI is InChI=1S/C18H23NS/c1-4-19-18(13-20-17-8-6-5-7-9-17)16-11-14(2)10-15(3)12-16/h5-12,18-19H,4,13H2,1-3H3. The minimum Gasteiger partial charge on any atom is -0.309 e. The van der Waals surface area contributed by atoms with Crippen LogP contribution in [-0.4, -0.2) is 12.3 Å². The first-order valence-corrected chi connectivity index (χ1v) is 8.17. The maximum Gasteiger partial charge on any atom is 0.0415 e. The van der Waals surface area contributed by atoms with Gasteiger partial charge in [0.1, 0.15) is 0 Å². The Kier molecular flexibility index (Phi) is 5.69. The van der Waals surface area contributed by atoms with Crippen LogP contribution in [0, 0.1) is 13.8 Å². The molecule has 20 heavy (non-hydrogen) atoms. The van der Waals surface area contributed by atoms with E-state index < -0.39 is 0 Å². The Bertz CT molecular complexity index is 516. The van der Waals surface area contributed by atoms with Crippen LogP contribution in [-0.2, 0) is 0 Å². The zero-order valence-electron chi connectivity index (χ0n) is 12.5. The summed E-state index contributed by atoms with van der Waals surface area (Å²) in [6.07, 6.45) is 0. The molecule has 0 bridgehead atoms. The van der Waals surface area contributed by atoms with Crippen molar-refractivity contribution in [3.05, 3.63) is 65.2 Å². The monoisotopic (exact) mass is 285 g/mol. The summed E-state index contributed by atoms with van der Waals surface area (Å²) in [4.78, 5) is 1.33. The summed E-state index contributed by atoms with van der Waals surface area (Å²) >= 11 is 1.91. The van der Waals surface area contributed by atoms with Gasteiger partial charge in [-0.25, -0.2) is 0 Å². The smallest absolute Gasteiger partial charge is 0.0415 e. The predicted molar refractivity (Wildman–Crippen MR) is 89.5 cm³/mol. The second-order valence-corrected chi connectivity index (χ2v) is 6.25. The first kappa shape index (κ1) is 15.1. The Morgan fingerprint density at radius 3 is 2.25 bits per heavy atom. The highest BCUT2D eigenvalue weighted by Crippen LogP contribution is 2.25. The van der Waals surface area contributed by atoms with Crippen LogP contribution in [0.5, 0.6) is 0 Å². The van der Waals surface area contributed by atoms with Crippen LogP contribution < -0.4 is 5.32 Å². The molecule has 0 aliphatic carbocycles. The summed E-state index contributed by atoms with van der Waals surface area (Å²) in [5.41, 5.74) is 4.08. The van der Waals surface area contributed by atoms with Crippen LogP contribution in [0.1, 0.15) is 29.7 Å². The molecule has 106 valence electrons. The van der Waals surface area contributed by atoms with Gasteiger partial charge in [0.25, 0.3) is 0 Å². The lowest BCUT2D eigenvalue weighted by Gasteiger charge is -2.19. The van der Waals surface area contributed by atoms with Crippen molar-refractivity contribution in [1.82, 2.24) is 5.32 Å². The van der Waals surface area contributed by atoms with E-state index in [1.807, 2.05) is 11.8 Å². The average Bonchev–Trinajstić information content (AvgIpc) is 2.43. The largest absolute Gasteiger partial charge is 0.309 e. The molecule has 0 saturated heterocycles. The second-order valence-electron chi connectivity index (χ2n) is 5.16. The molecule has 0 amide bonds. The van der Waals surface area contributed by atoms with Crippen molar-refractivity contribution in [1.29, 1.82) is 0 Å². The van der Waals surface area contributed by atoms with Gasteiger partial charge in [0.15, 0.2) is 0 Å². The maximum absolute atomic E-state index is 3.60. The molecule has 0 aliphatic heterocycles. The molecule has 1 atom stereocenters. The minimum absolute atomic E-state index is 0.406. The van der Waals surface area contributed by atoms with Crippen molar-refractivity contribution in [2.45, 2.75) is 31.7 Å². The summed E-state index contributed by atoms with van der Waals surface area (Å²) in [6.45, 7) is 7.50. The molecule has 0 aliphatic rings. The Hall–Kier alpha value is -1.25. The van der Waals surface area contributed by atoms with E-state index in [0.717, 1.165) is 12.3 Å². The Morgan fingerprint density at radius 2 is 1.65 bits per heavy atom. The molecule has 2 aromatic carbocycles. The lowest BCUT2D eigenvalue weighted by molar-refractivity contribution is 0.605. The van der Waals surface area contributed by atoms with Gasteiger partial charge in [0.2, 0.25) is 0 Å². The minimum atomic E-state index is 0.406. The Morgan fingerprint density at radius 1 is 1.00 bits per heavy atom. The number of aryl methyl sites for hydroxylation is 2. The van der Waals surface area contributed by atoms with Crippen molar-refractivity contribution in [3.8, 4) is 0 Å². The normalized spacial score (nSPS) is 12.3. The van der Waals surface area contributed by atoms with Gasteiger partial charge in [0.05, 0.1) is 0 Å². The molecule has 2 aromatic rings. The van der Waals surface area contributed by atoms with E-state index in [9.17, 15) is 0 Å². The lowest BCUT2D eigenvalue weighted by atomic mass is 10.0. The molecule has 0 aromatic heterocycles. The van der Waals surface area contributed by atoms with E-state index in [1.165, 1.54) is 21.6 Å². The van der Waals surface area contributed by atoms with Gasteiger partial charge in [-0.15, -0.1) is 11.8 Å². The third kappa shape index (κ3) is 4.39. The SMILES string of the molecule is CCNC(CSc1ccccc1)c1cc(C)cc(C)c1. The molecule has 0 fully saturated rings. The summed E-state index contributed by atoms with van der Waals surface area (Å²) in [5, 5.41) is 3.60. The van der Waals surface area contributed by atoms with Crippen LogP contribution in [0.2, 0.25) is 0 Å². The van der Waals surface area contributed by atoms with E-state index in [0.29, 0.717) is 6.04 Å². The Balaban J connectivity index is 2.10. The Labute approximate surface area is 126 Å². The number of nitrogens with one attached hydrogen (secondary N) is 1. The quantitative estimate of drug-likeness (QED) is 0.769. The van der Waals surface area contributed by atoms with Gasteiger partial charge in [-0.1, -0.05) is 54.4 Å². The summed E-state index contributed by atoms with van der Waals surface area (Å²) in [7, 11) is 0. The van der Waals surface area contributed by atoms with Gasteiger partial charge in [-0.05, 0) is 38.1 Å². The fraction of sp³-hybridized carbons (Fsp3) is 0.333. The highest BCUT2D eigenvalue weighted by molar-refractivity contribution is 7.99. The zero-order valence-corrected chi connectivity index (χ0v) is 13.3. The summed E-state index contributed by atoms with van der Waals surface area (Å²) in [5.74, 6) is 1.06. The molecule has 1 N–H and O–H groups in total. The third-order valence-corrected chi connectivity index (χ3v) is 4.36. The number of thioether (sulfide) groups is 1. The number of hydrogen-bond donors (Lipinski definition) is 1. The van der Waals surface area contributed by atoms with E-state index >= 15 is 0 Å². The molecule has 0 radical (unpaired) electrons.